The van der Waals surface area contributed by atoms with Gasteiger partial charge in [0.2, 0.25) is 0 Å². The van der Waals surface area contributed by atoms with Crippen LogP contribution in [0.3, 0.4) is 0 Å². The van der Waals surface area contributed by atoms with Gasteiger partial charge in [-0.1, -0.05) is 52.7 Å². The van der Waals surface area contributed by atoms with E-state index < -0.39 is 0 Å². The predicted octanol–water partition coefficient (Wildman–Crippen LogP) is 2.87. The quantitative estimate of drug-likeness (QED) is 0.485. The van der Waals surface area contributed by atoms with Crippen molar-refractivity contribution in [3.63, 3.8) is 0 Å². The summed E-state index contributed by atoms with van der Waals surface area (Å²) < 4.78 is 0. The highest BCUT2D eigenvalue weighted by Gasteiger charge is 2.56. The lowest BCUT2D eigenvalue weighted by atomic mass is 10.0. The Bertz CT molecular complexity index is 419. The molecule has 3 heteroatoms. The van der Waals surface area contributed by atoms with Crippen LogP contribution in [-0.2, 0) is 0 Å². The van der Waals surface area contributed by atoms with Crippen LogP contribution < -0.4 is 0 Å². The SMILES string of the molecule is O=C(c1ccccc1)[C@@H]1[C@H]2CCC[C@H](CBr)N21. The predicted molar refractivity (Wildman–Crippen MR) is 71.6 cm³/mol. The van der Waals surface area contributed by atoms with Gasteiger partial charge in [-0.15, -0.1) is 0 Å². The number of hydrogen-bond acceptors (Lipinski definition) is 2. The van der Waals surface area contributed by atoms with Crippen molar-refractivity contribution in [1.82, 2.24) is 4.90 Å². The first-order chi connectivity index (χ1) is 8.33. The summed E-state index contributed by atoms with van der Waals surface area (Å²) in [7, 11) is 0. The van der Waals surface area contributed by atoms with Gasteiger partial charge in [-0.2, -0.15) is 0 Å². The first-order valence-corrected chi connectivity index (χ1v) is 7.37. The summed E-state index contributed by atoms with van der Waals surface area (Å²) in [6.45, 7) is 0. The highest BCUT2D eigenvalue weighted by atomic mass is 79.9. The number of alkyl halides is 1. The van der Waals surface area contributed by atoms with Crippen LogP contribution in [0, 0.1) is 0 Å². The van der Waals surface area contributed by atoms with Crippen molar-refractivity contribution in [2.75, 3.05) is 5.33 Å². The molecule has 90 valence electrons. The van der Waals surface area contributed by atoms with E-state index in [9.17, 15) is 4.79 Å². The minimum Gasteiger partial charge on any atom is -0.292 e. The van der Waals surface area contributed by atoms with Gasteiger partial charge >= 0.3 is 0 Å². The first-order valence-electron chi connectivity index (χ1n) is 6.25. The third-order valence-electron chi connectivity index (χ3n) is 3.94. The Morgan fingerprint density at radius 3 is 2.76 bits per heavy atom. The Labute approximate surface area is 110 Å². The molecule has 0 saturated carbocycles. The third-order valence-corrected chi connectivity index (χ3v) is 4.69. The maximum Gasteiger partial charge on any atom is 0.181 e. The third kappa shape index (κ3) is 1.95. The molecule has 1 aromatic carbocycles. The van der Waals surface area contributed by atoms with Gasteiger partial charge in [0.15, 0.2) is 5.78 Å². The van der Waals surface area contributed by atoms with Crippen molar-refractivity contribution in [3.8, 4) is 0 Å². The fourth-order valence-electron chi connectivity index (χ4n) is 3.06. The van der Waals surface area contributed by atoms with Gasteiger partial charge in [0.05, 0.1) is 6.04 Å². The standard InChI is InChI=1S/C14H16BrNO/c15-9-11-7-4-8-12-13(16(11)12)14(17)10-5-2-1-3-6-10/h1-3,5-6,11-13H,4,7-9H2/t11-,12-,13+,16?/m1/s1. The minimum atomic E-state index is 0.155. The zero-order chi connectivity index (χ0) is 11.8. The Hall–Kier alpha value is -0.670. The number of halogens is 1. The number of ketones is 1. The number of carbonyl (C=O) groups excluding carboxylic acids is 1. The number of carbonyl (C=O) groups is 1. The lowest BCUT2D eigenvalue weighted by Gasteiger charge is -2.20. The lowest BCUT2D eigenvalue weighted by Crippen LogP contribution is -2.27. The minimum absolute atomic E-state index is 0.155. The molecule has 3 rings (SSSR count). The molecule has 0 radical (unpaired) electrons. The molecule has 0 amide bonds. The second-order valence-electron chi connectivity index (χ2n) is 4.93. The van der Waals surface area contributed by atoms with Gasteiger partial charge in [0.25, 0.3) is 0 Å². The summed E-state index contributed by atoms with van der Waals surface area (Å²) in [4.78, 5) is 14.8. The van der Waals surface area contributed by atoms with E-state index in [1.165, 1.54) is 19.3 Å². The van der Waals surface area contributed by atoms with Crippen LogP contribution in [0.5, 0.6) is 0 Å². The van der Waals surface area contributed by atoms with Crippen LogP contribution in [0.2, 0.25) is 0 Å². The number of piperidine rings is 1. The van der Waals surface area contributed by atoms with Crippen molar-refractivity contribution in [2.24, 2.45) is 0 Å². The molecule has 2 saturated heterocycles. The smallest absolute Gasteiger partial charge is 0.181 e. The average molecular weight is 294 g/mol. The van der Waals surface area contributed by atoms with Crippen LogP contribution in [0.25, 0.3) is 0 Å². The van der Waals surface area contributed by atoms with Crippen molar-refractivity contribution < 1.29 is 4.79 Å². The molecular weight excluding hydrogens is 278 g/mol. The number of nitrogens with zero attached hydrogens (tertiary/aromatic N) is 1. The van der Waals surface area contributed by atoms with Gasteiger partial charge in [-0.05, 0) is 12.8 Å². The van der Waals surface area contributed by atoms with Crippen LogP contribution in [0.1, 0.15) is 29.6 Å². The summed E-state index contributed by atoms with van der Waals surface area (Å²) in [6.07, 6.45) is 3.67. The average Bonchev–Trinajstić information content (AvgIpc) is 3.13. The molecule has 0 aromatic heterocycles. The zero-order valence-electron chi connectivity index (χ0n) is 9.68. The second kappa shape index (κ2) is 4.54. The summed E-state index contributed by atoms with van der Waals surface area (Å²) in [5, 5.41) is 0.988. The number of Topliss-reactive ketones (excluding diaryl/α,β-unsaturated/α-hetero) is 1. The van der Waals surface area contributed by atoms with E-state index in [1.54, 1.807) is 0 Å². The van der Waals surface area contributed by atoms with Crippen molar-refractivity contribution in [1.29, 1.82) is 0 Å². The summed E-state index contributed by atoms with van der Waals surface area (Å²) >= 11 is 3.56. The molecule has 2 nitrogen and oxygen atoms in total. The van der Waals surface area contributed by atoms with E-state index in [2.05, 4.69) is 20.8 Å². The van der Waals surface area contributed by atoms with E-state index >= 15 is 0 Å². The van der Waals surface area contributed by atoms with Crippen molar-refractivity contribution >= 4 is 21.7 Å². The maximum absolute atomic E-state index is 12.4. The lowest BCUT2D eigenvalue weighted by molar-refractivity contribution is 0.0969. The number of benzene rings is 1. The number of rotatable bonds is 3. The summed E-state index contributed by atoms with van der Waals surface area (Å²) in [5.74, 6) is 0.309. The van der Waals surface area contributed by atoms with Crippen molar-refractivity contribution in [3.05, 3.63) is 35.9 Å². The Balaban J connectivity index is 1.77. The highest BCUT2D eigenvalue weighted by molar-refractivity contribution is 9.09. The van der Waals surface area contributed by atoms with E-state index in [-0.39, 0.29) is 6.04 Å². The van der Waals surface area contributed by atoms with Crippen LogP contribution >= 0.6 is 15.9 Å². The molecule has 1 unspecified atom stereocenters. The molecule has 0 bridgehead atoms. The fraction of sp³-hybridized carbons (Fsp3) is 0.500. The van der Waals surface area contributed by atoms with E-state index in [4.69, 9.17) is 0 Å². The fourth-order valence-corrected chi connectivity index (χ4v) is 3.71. The molecule has 2 fully saturated rings. The van der Waals surface area contributed by atoms with E-state index in [0.717, 1.165) is 10.9 Å². The maximum atomic E-state index is 12.4. The normalized spacial score (nSPS) is 35.1. The van der Waals surface area contributed by atoms with Gasteiger partial charge in [-0.25, -0.2) is 0 Å². The highest BCUT2D eigenvalue weighted by Crippen LogP contribution is 2.42. The molecule has 2 aliphatic rings. The second-order valence-corrected chi connectivity index (χ2v) is 5.58. The number of fused-ring (bicyclic) bond motifs is 1. The molecule has 2 heterocycles. The first kappa shape index (κ1) is 11.4. The van der Waals surface area contributed by atoms with Gasteiger partial charge in [0.1, 0.15) is 0 Å². The molecule has 0 aliphatic carbocycles. The Kier molecular flexibility index (Phi) is 3.05. The molecule has 4 atom stereocenters. The zero-order valence-corrected chi connectivity index (χ0v) is 11.3. The van der Waals surface area contributed by atoms with Crippen LogP contribution in [0.4, 0.5) is 0 Å². The molecule has 1 aromatic rings. The summed E-state index contributed by atoms with van der Waals surface area (Å²) in [5.41, 5.74) is 0.861. The number of hydrogen-bond donors (Lipinski definition) is 0. The van der Waals surface area contributed by atoms with E-state index in [1.807, 2.05) is 30.3 Å². The topological polar surface area (TPSA) is 20.1 Å². The Morgan fingerprint density at radius 2 is 2.06 bits per heavy atom. The molecular formula is C14H16BrNO. The van der Waals surface area contributed by atoms with Gasteiger partial charge in [0, 0.05) is 23.0 Å². The van der Waals surface area contributed by atoms with Crippen LogP contribution in [0.15, 0.2) is 30.3 Å². The Morgan fingerprint density at radius 1 is 1.29 bits per heavy atom. The summed E-state index contributed by atoms with van der Waals surface area (Å²) in [6, 6.07) is 10.9. The molecule has 2 aliphatic heterocycles. The monoisotopic (exact) mass is 293 g/mol. The van der Waals surface area contributed by atoms with Gasteiger partial charge in [-0.3, -0.25) is 9.69 Å². The van der Waals surface area contributed by atoms with Gasteiger partial charge < -0.3 is 0 Å². The largest absolute Gasteiger partial charge is 0.292 e. The molecule has 0 N–H and O–H groups in total. The molecule has 17 heavy (non-hydrogen) atoms. The van der Waals surface area contributed by atoms with Crippen molar-refractivity contribution in [2.45, 2.75) is 37.4 Å². The van der Waals surface area contributed by atoms with E-state index in [0.29, 0.717) is 17.9 Å². The molecule has 0 spiro atoms. The van der Waals surface area contributed by atoms with Crippen LogP contribution in [-0.4, -0.2) is 34.1 Å².